The van der Waals surface area contributed by atoms with Gasteiger partial charge < -0.3 is 19.7 Å². The molecule has 1 aliphatic heterocycles. The lowest BCUT2D eigenvalue weighted by atomic mass is 10.0. The highest BCUT2D eigenvalue weighted by Gasteiger charge is 2.32. The molecule has 0 aliphatic carbocycles. The van der Waals surface area contributed by atoms with Crippen molar-refractivity contribution in [3.8, 4) is 5.75 Å². The van der Waals surface area contributed by atoms with E-state index in [1.54, 1.807) is 54.2 Å². The molecule has 40 heavy (non-hydrogen) atoms. The first-order valence-corrected chi connectivity index (χ1v) is 15.4. The number of hydrogen-bond acceptors (Lipinski definition) is 7. The van der Waals surface area contributed by atoms with Crippen molar-refractivity contribution in [3.63, 3.8) is 0 Å². The molecule has 7 nitrogen and oxygen atoms in total. The third-order valence-electron chi connectivity index (χ3n) is 6.66. The number of sulfonamides is 1. The van der Waals surface area contributed by atoms with E-state index < -0.39 is 16.3 Å². The Morgan fingerprint density at radius 2 is 1.45 bits per heavy atom. The number of aliphatic hydroxyl groups is 1. The Bertz CT molecular complexity index is 1480. The number of nitrogens with one attached hydrogen (secondary N) is 1. The maximum atomic E-state index is 12.6. The summed E-state index contributed by atoms with van der Waals surface area (Å²) in [6.07, 6.45) is -0.234. The van der Waals surface area contributed by atoms with Gasteiger partial charge in [0.15, 0.2) is 6.29 Å². The van der Waals surface area contributed by atoms with Gasteiger partial charge in [0.25, 0.3) is 0 Å². The molecule has 1 heterocycles. The quantitative estimate of drug-likeness (QED) is 0.208. The molecule has 3 unspecified atom stereocenters. The third-order valence-corrected chi connectivity index (χ3v) is 9.22. The molecule has 1 fully saturated rings. The lowest BCUT2D eigenvalue weighted by Gasteiger charge is -2.36. The van der Waals surface area contributed by atoms with Crippen molar-refractivity contribution in [2.45, 2.75) is 47.9 Å². The average molecular weight is 578 g/mol. The van der Waals surface area contributed by atoms with E-state index in [0.29, 0.717) is 12.2 Å². The van der Waals surface area contributed by atoms with Gasteiger partial charge in [-0.3, -0.25) is 0 Å². The van der Waals surface area contributed by atoms with Gasteiger partial charge in [0.05, 0.1) is 23.7 Å². The van der Waals surface area contributed by atoms with E-state index in [1.807, 2.05) is 60.7 Å². The number of benzene rings is 4. The summed E-state index contributed by atoms with van der Waals surface area (Å²) >= 11 is 1.66. The second-order valence-electron chi connectivity index (χ2n) is 9.53. The van der Waals surface area contributed by atoms with Crippen molar-refractivity contribution in [2.75, 3.05) is 5.75 Å². The summed E-state index contributed by atoms with van der Waals surface area (Å²) in [7, 11) is -3.60. The standard InChI is InChI=1S/C31H31NO6S2/c33-20-23-8-10-24(11-9-23)30-18-27(21-39-28-16-14-26(34)15-17-28)37-31(38-30)25-12-6-22(7-13-25)19-32-40(35,36)29-4-2-1-3-5-29/h1-17,27,30-34H,18-21H2. The lowest BCUT2D eigenvalue weighted by Crippen LogP contribution is -2.31. The molecule has 1 saturated heterocycles. The largest absolute Gasteiger partial charge is 0.508 e. The fourth-order valence-electron chi connectivity index (χ4n) is 4.41. The Hall–Kier alpha value is -3.18. The van der Waals surface area contributed by atoms with E-state index in [1.165, 1.54) is 0 Å². The summed E-state index contributed by atoms with van der Waals surface area (Å²) in [4.78, 5) is 1.26. The van der Waals surface area contributed by atoms with Crippen LogP contribution in [0.15, 0.2) is 113 Å². The predicted octanol–water partition coefficient (Wildman–Crippen LogP) is 5.70. The topological polar surface area (TPSA) is 105 Å². The van der Waals surface area contributed by atoms with Crippen LogP contribution in [0, 0.1) is 0 Å². The molecule has 3 atom stereocenters. The van der Waals surface area contributed by atoms with Crippen LogP contribution >= 0.6 is 11.8 Å². The van der Waals surface area contributed by atoms with Crippen LogP contribution in [0.25, 0.3) is 0 Å². The Morgan fingerprint density at radius 3 is 2.12 bits per heavy atom. The number of phenols is 1. The van der Waals surface area contributed by atoms with Crippen LogP contribution in [-0.4, -0.2) is 30.5 Å². The molecule has 1 aliphatic rings. The van der Waals surface area contributed by atoms with Gasteiger partial charge >= 0.3 is 0 Å². The Kier molecular flexibility index (Phi) is 9.21. The minimum atomic E-state index is -3.60. The van der Waals surface area contributed by atoms with Crippen molar-refractivity contribution in [2.24, 2.45) is 0 Å². The fraction of sp³-hybridized carbons (Fsp3) is 0.226. The summed E-state index contributed by atoms with van der Waals surface area (Å²) in [6.45, 7) is 0.146. The highest BCUT2D eigenvalue weighted by Crippen LogP contribution is 2.39. The second-order valence-corrected chi connectivity index (χ2v) is 12.4. The normalized spacial score (nSPS) is 19.4. The van der Waals surface area contributed by atoms with Gasteiger partial charge in [-0.15, -0.1) is 11.8 Å². The molecule has 5 rings (SSSR count). The molecule has 4 aromatic rings. The highest BCUT2D eigenvalue weighted by molar-refractivity contribution is 7.99. The van der Waals surface area contributed by atoms with Crippen LogP contribution in [-0.2, 0) is 32.6 Å². The smallest absolute Gasteiger partial charge is 0.240 e. The molecular formula is C31H31NO6S2. The summed E-state index contributed by atoms with van der Waals surface area (Å²) in [5.41, 5.74) is 3.50. The van der Waals surface area contributed by atoms with E-state index in [0.717, 1.165) is 27.1 Å². The molecule has 4 aromatic carbocycles. The molecule has 0 radical (unpaired) electrons. The first-order chi connectivity index (χ1) is 19.4. The number of aromatic hydroxyl groups is 1. The Morgan fingerprint density at radius 1 is 0.800 bits per heavy atom. The zero-order valence-electron chi connectivity index (χ0n) is 21.7. The molecule has 9 heteroatoms. The molecule has 0 amide bonds. The maximum absolute atomic E-state index is 12.6. The Labute approximate surface area is 238 Å². The van der Waals surface area contributed by atoms with Crippen LogP contribution in [0.1, 0.15) is 41.1 Å². The summed E-state index contributed by atoms with van der Waals surface area (Å²) in [5, 5.41) is 19.0. The lowest BCUT2D eigenvalue weighted by molar-refractivity contribution is -0.245. The minimum absolute atomic E-state index is 0.0166. The first kappa shape index (κ1) is 28.4. The molecule has 0 saturated carbocycles. The average Bonchev–Trinajstić information content (AvgIpc) is 3.00. The number of aliphatic hydroxyl groups excluding tert-OH is 1. The number of phenolic OH excluding ortho intramolecular Hbond substituents is 1. The number of rotatable bonds is 10. The monoisotopic (exact) mass is 577 g/mol. The van der Waals surface area contributed by atoms with E-state index in [2.05, 4.69) is 4.72 Å². The van der Waals surface area contributed by atoms with Crippen molar-refractivity contribution in [1.82, 2.24) is 4.72 Å². The summed E-state index contributed by atoms with van der Waals surface area (Å²) in [6, 6.07) is 30.7. The zero-order chi connectivity index (χ0) is 28.0. The molecule has 3 N–H and O–H groups in total. The number of hydrogen-bond donors (Lipinski definition) is 3. The van der Waals surface area contributed by atoms with E-state index in [4.69, 9.17) is 9.47 Å². The molecule has 0 spiro atoms. The SMILES string of the molecule is O=S(=O)(NCc1ccc(C2OC(CSc3ccc(O)cc3)CC(c3ccc(CO)cc3)O2)cc1)c1ccccc1. The first-order valence-electron chi connectivity index (χ1n) is 13.0. The van der Waals surface area contributed by atoms with Gasteiger partial charge in [-0.1, -0.05) is 66.7 Å². The van der Waals surface area contributed by atoms with Gasteiger partial charge in [0, 0.05) is 29.2 Å². The zero-order valence-corrected chi connectivity index (χ0v) is 23.4. The van der Waals surface area contributed by atoms with Gasteiger partial charge in [-0.05, 0) is 53.1 Å². The summed E-state index contributed by atoms with van der Waals surface area (Å²) < 4.78 is 40.6. The highest BCUT2D eigenvalue weighted by atomic mass is 32.2. The van der Waals surface area contributed by atoms with Crippen molar-refractivity contribution in [1.29, 1.82) is 0 Å². The minimum Gasteiger partial charge on any atom is -0.508 e. The molecule has 208 valence electrons. The van der Waals surface area contributed by atoms with E-state index >= 15 is 0 Å². The Balaban J connectivity index is 1.28. The van der Waals surface area contributed by atoms with Crippen LogP contribution in [0.2, 0.25) is 0 Å². The molecule has 0 aromatic heterocycles. The van der Waals surface area contributed by atoms with Crippen LogP contribution in [0.5, 0.6) is 5.75 Å². The van der Waals surface area contributed by atoms with E-state index in [-0.39, 0.29) is 36.0 Å². The second kappa shape index (κ2) is 13.0. The number of ether oxygens (including phenoxy) is 2. The van der Waals surface area contributed by atoms with Gasteiger partial charge in [-0.25, -0.2) is 13.1 Å². The van der Waals surface area contributed by atoms with Gasteiger partial charge in [0.2, 0.25) is 10.0 Å². The number of thioether (sulfide) groups is 1. The van der Waals surface area contributed by atoms with E-state index in [9.17, 15) is 18.6 Å². The van der Waals surface area contributed by atoms with Crippen molar-refractivity contribution >= 4 is 21.8 Å². The predicted molar refractivity (Wildman–Crippen MR) is 154 cm³/mol. The van der Waals surface area contributed by atoms with Crippen LogP contribution in [0.4, 0.5) is 0 Å². The van der Waals surface area contributed by atoms with Crippen molar-refractivity contribution < 1.29 is 28.1 Å². The summed E-state index contributed by atoms with van der Waals surface area (Å²) in [5.74, 6) is 0.935. The van der Waals surface area contributed by atoms with Crippen LogP contribution in [0.3, 0.4) is 0 Å². The third kappa shape index (κ3) is 7.31. The van der Waals surface area contributed by atoms with Gasteiger partial charge in [-0.2, -0.15) is 0 Å². The molecular weight excluding hydrogens is 546 g/mol. The van der Waals surface area contributed by atoms with Gasteiger partial charge in [0.1, 0.15) is 5.75 Å². The van der Waals surface area contributed by atoms with Crippen LogP contribution < -0.4 is 4.72 Å². The van der Waals surface area contributed by atoms with Crippen molar-refractivity contribution in [3.05, 3.63) is 125 Å². The molecule has 0 bridgehead atoms. The maximum Gasteiger partial charge on any atom is 0.240 e. The fourth-order valence-corrected chi connectivity index (χ4v) is 6.37.